The minimum absolute atomic E-state index is 0. The molecule has 1 heterocycles. The van der Waals surface area contributed by atoms with Crippen molar-refractivity contribution in [2.24, 2.45) is 0 Å². The summed E-state index contributed by atoms with van der Waals surface area (Å²) in [5.74, 6) is 0. The van der Waals surface area contributed by atoms with Crippen molar-refractivity contribution in [2.75, 3.05) is 0 Å². The third kappa shape index (κ3) is 5.86. The molecule has 2 aromatic rings. The van der Waals surface area contributed by atoms with E-state index >= 15 is 0 Å². The zero-order chi connectivity index (χ0) is 18.1. The zero-order valence-corrected chi connectivity index (χ0v) is 17.6. The Hall–Kier alpha value is -1.32. The number of amides is 2. The van der Waals surface area contributed by atoms with E-state index in [4.69, 9.17) is 4.42 Å². The first kappa shape index (κ1) is 21.7. The number of hydrogen-bond donors (Lipinski definition) is 2. The summed E-state index contributed by atoms with van der Waals surface area (Å²) in [6, 6.07) is 5.37. The number of nitrogens with zero attached hydrogens (tertiary/aromatic N) is 1. The average Bonchev–Trinajstić information content (AvgIpc) is 2.85. The van der Waals surface area contributed by atoms with Crippen molar-refractivity contribution in [1.29, 1.82) is 0 Å². The van der Waals surface area contributed by atoms with Gasteiger partial charge in [-0.15, -0.1) is 0 Å². The second kappa shape index (κ2) is 7.92. The Morgan fingerprint density at radius 1 is 1.16 bits per heavy atom. The molecule has 0 aliphatic heterocycles. The molecule has 25 heavy (non-hydrogen) atoms. The molecule has 2 amide bonds. The summed E-state index contributed by atoms with van der Waals surface area (Å²) in [5.41, 5.74) is 1.19. The summed E-state index contributed by atoms with van der Waals surface area (Å²) >= 11 is 0. The summed E-state index contributed by atoms with van der Waals surface area (Å²) in [6.45, 7) is 6.67. The zero-order valence-electron chi connectivity index (χ0n) is 14.8. The molecule has 0 saturated heterocycles. The van der Waals surface area contributed by atoms with Gasteiger partial charge in [-0.1, -0.05) is 29.3 Å². The van der Waals surface area contributed by atoms with Crippen LogP contribution >= 0.6 is 0 Å². The minimum Gasteiger partial charge on any atom is -0.452 e. The van der Waals surface area contributed by atoms with Crippen LogP contribution in [0.1, 0.15) is 30.5 Å². The molecular formula is C16H19N2NaO5S. The van der Waals surface area contributed by atoms with Gasteiger partial charge in [-0.3, -0.25) is 4.79 Å². The topological polar surface area (TPSA) is 111 Å². The van der Waals surface area contributed by atoms with Crippen LogP contribution in [-0.4, -0.2) is 19.6 Å². The number of sulfonamides is 1. The molecule has 130 valence electrons. The third-order valence-corrected chi connectivity index (χ3v) is 4.39. The second-order valence-corrected chi connectivity index (χ2v) is 7.70. The van der Waals surface area contributed by atoms with Crippen LogP contribution < -0.4 is 34.3 Å². The number of furan rings is 1. The van der Waals surface area contributed by atoms with E-state index in [0.717, 1.165) is 23.5 Å². The molecule has 0 atom stereocenters. The van der Waals surface area contributed by atoms with Gasteiger partial charge in [-0.25, -0.2) is 8.42 Å². The van der Waals surface area contributed by atoms with Gasteiger partial charge in [0.05, 0.1) is 11.9 Å². The van der Waals surface area contributed by atoms with Crippen LogP contribution in [0, 0.1) is 13.8 Å². The first-order chi connectivity index (χ1) is 11.0. The van der Waals surface area contributed by atoms with E-state index in [1.54, 1.807) is 12.1 Å². The molecular weight excluding hydrogens is 355 g/mol. The van der Waals surface area contributed by atoms with Crippen LogP contribution in [0.2, 0.25) is 0 Å². The molecule has 0 aliphatic carbocycles. The standard InChI is InChI=1S/C16H20N2O5S.Na/c1-10-5-11(2)7-13(6-10)17-15(19)18-24(21,22)14-8-12(9-23-14)16(3,4)20;/h5-9,20H,1-4H3,(H2,17,18,19);/q;+1/p-1. The Morgan fingerprint density at radius 3 is 2.20 bits per heavy atom. The van der Waals surface area contributed by atoms with Crippen molar-refractivity contribution in [3.05, 3.63) is 52.5 Å². The van der Waals surface area contributed by atoms with Gasteiger partial charge >= 0.3 is 29.6 Å². The Kier molecular flexibility index (Phi) is 6.88. The maximum atomic E-state index is 12.1. The maximum Gasteiger partial charge on any atom is 1.00 e. The van der Waals surface area contributed by atoms with E-state index in [-0.39, 0.29) is 35.1 Å². The SMILES string of the molecule is Cc1cc(C)cc([N-]C(=O)NS(=O)(=O)c2cc(C(C)(C)O)co2)c1.[Na+]. The van der Waals surface area contributed by atoms with Crippen LogP contribution in [0.15, 0.2) is 40.0 Å². The summed E-state index contributed by atoms with van der Waals surface area (Å²) in [4.78, 5) is 11.9. The molecule has 0 radical (unpaired) electrons. The Labute approximate surface area is 169 Å². The van der Waals surface area contributed by atoms with Crippen LogP contribution in [0.25, 0.3) is 5.32 Å². The van der Waals surface area contributed by atoms with Crippen molar-refractivity contribution in [3.63, 3.8) is 0 Å². The summed E-state index contributed by atoms with van der Waals surface area (Å²) in [7, 11) is -4.21. The fourth-order valence-corrected chi connectivity index (χ4v) is 2.93. The molecule has 7 nitrogen and oxygen atoms in total. The number of benzene rings is 1. The summed E-state index contributed by atoms with van der Waals surface area (Å²) in [5, 5.41) is 13.1. The van der Waals surface area contributed by atoms with E-state index in [9.17, 15) is 18.3 Å². The Balaban J connectivity index is 0.00000312. The van der Waals surface area contributed by atoms with Crippen LogP contribution in [0.3, 0.4) is 0 Å². The molecule has 0 saturated carbocycles. The first-order valence-corrected chi connectivity index (χ1v) is 8.64. The van der Waals surface area contributed by atoms with E-state index in [1.807, 2.05) is 24.6 Å². The van der Waals surface area contributed by atoms with Crippen molar-refractivity contribution in [2.45, 2.75) is 38.4 Å². The Bertz CT molecular complexity index is 849. The monoisotopic (exact) mass is 374 g/mol. The third-order valence-electron chi connectivity index (χ3n) is 3.21. The molecule has 0 bridgehead atoms. The smallest absolute Gasteiger partial charge is 0.452 e. The van der Waals surface area contributed by atoms with Gasteiger partial charge < -0.3 is 19.6 Å². The van der Waals surface area contributed by atoms with Gasteiger partial charge in [0.15, 0.2) is 6.03 Å². The molecule has 2 rings (SSSR count). The fraction of sp³-hybridized carbons (Fsp3) is 0.312. The predicted octanol–water partition coefficient (Wildman–Crippen LogP) is 0.232. The van der Waals surface area contributed by atoms with Crippen LogP contribution in [0.5, 0.6) is 0 Å². The van der Waals surface area contributed by atoms with Crippen molar-refractivity contribution < 1.29 is 52.3 Å². The number of nitrogens with one attached hydrogen (secondary N) is 1. The van der Waals surface area contributed by atoms with Crippen LogP contribution in [-0.2, 0) is 15.6 Å². The number of rotatable bonds is 4. The van der Waals surface area contributed by atoms with Crippen molar-refractivity contribution in [3.8, 4) is 0 Å². The summed E-state index contributed by atoms with van der Waals surface area (Å²) in [6.07, 6.45) is 1.13. The van der Waals surface area contributed by atoms with E-state index in [2.05, 4.69) is 5.32 Å². The maximum absolute atomic E-state index is 12.1. The molecule has 0 fully saturated rings. The van der Waals surface area contributed by atoms with E-state index in [1.165, 1.54) is 13.8 Å². The molecule has 0 aliphatic rings. The van der Waals surface area contributed by atoms with E-state index < -0.39 is 26.7 Å². The number of carbonyl (C=O) groups is 1. The fourth-order valence-electron chi connectivity index (χ4n) is 2.10. The van der Waals surface area contributed by atoms with Crippen LogP contribution in [0.4, 0.5) is 10.5 Å². The van der Waals surface area contributed by atoms with Crippen molar-refractivity contribution in [1.82, 2.24) is 4.72 Å². The van der Waals surface area contributed by atoms with Gasteiger partial charge in [0.1, 0.15) is 0 Å². The van der Waals surface area contributed by atoms with Gasteiger partial charge in [0, 0.05) is 11.6 Å². The van der Waals surface area contributed by atoms with Gasteiger partial charge in [0.2, 0.25) is 15.1 Å². The van der Waals surface area contributed by atoms with Gasteiger partial charge in [0.25, 0.3) is 0 Å². The quantitative estimate of drug-likeness (QED) is 0.745. The van der Waals surface area contributed by atoms with Gasteiger partial charge in [-0.05, 0) is 33.4 Å². The molecule has 1 aromatic heterocycles. The normalized spacial score (nSPS) is 11.6. The number of carbonyl (C=O) groups excluding carboxylic acids is 1. The predicted molar refractivity (Wildman–Crippen MR) is 88.6 cm³/mol. The molecule has 0 spiro atoms. The van der Waals surface area contributed by atoms with Crippen molar-refractivity contribution >= 4 is 21.7 Å². The minimum atomic E-state index is -4.21. The van der Waals surface area contributed by atoms with E-state index in [0.29, 0.717) is 5.69 Å². The molecule has 2 N–H and O–H groups in total. The number of aliphatic hydroxyl groups is 1. The molecule has 0 unspecified atom stereocenters. The Morgan fingerprint density at radius 2 is 1.72 bits per heavy atom. The number of aryl methyl sites for hydroxylation is 2. The average molecular weight is 374 g/mol. The first-order valence-electron chi connectivity index (χ1n) is 7.15. The number of hydrogen-bond acceptors (Lipinski definition) is 5. The molecule has 9 heteroatoms. The number of urea groups is 1. The largest absolute Gasteiger partial charge is 1.00 e. The van der Waals surface area contributed by atoms with Gasteiger partial charge in [-0.2, -0.15) is 0 Å². The second-order valence-electron chi connectivity index (χ2n) is 6.08. The summed E-state index contributed by atoms with van der Waals surface area (Å²) < 4.78 is 31.0. The molecule has 1 aromatic carbocycles.